The fraction of sp³-hybridized carbons (Fsp3) is 0.200. The molecule has 0 heterocycles. The molecule has 2 nitrogen and oxygen atoms in total. The molecule has 0 unspecified atom stereocenters. The van der Waals surface area contributed by atoms with Crippen LogP contribution in [0.15, 0.2) is 58.3 Å². The normalized spacial score (nSPS) is 10.2. The van der Waals surface area contributed by atoms with Gasteiger partial charge in [-0.25, -0.2) is 0 Å². The summed E-state index contributed by atoms with van der Waals surface area (Å²) in [5.41, 5.74) is 0. The molecule has 0 aliphatic heterocycles. The van der Waals surface area contributed by atoms with Crippen LogP contribution in [0, 0.1) is 0 Å². The third kappa shape index (κ3) is 4.40. The highest BCUT2D eigenvalue weighted by Crippen LogP contribution is 2.20. The summed E-state index contributed by atoms with van der Waals surface area (Å²) in [7, 11) is 0. The van der Waals surface area contributed by atoms with E-state index in [0.717, 1.165) is 11.5 Å². The zero-order chi connectivity index (χ0) is 13.5. The van der Waals surface area contributed by atoms with Crippen molar-refractivity contribution in [2.24, 2.45) is 0 Å². The second-order valence-electron chi connectivity index (χ2n) is 3.76. The Hall–Kier alpha value is -1.26. The molecule has 0 atom stereocenters. The van der Waals surface area contributed by atoms with Crippen LogP contribution < -0.4 is 9.47 Å². The summed E-state index contributed by atoms with van der Waals surface area (Å²) in [5.74, 6) is 1.64. The highest BCUT2D eigenvalue weighted by atomic mass is 32.2. The lowest BCUT2D eigenvalue weighted by molar-refractivity contribution is 0.120. The molecule has 0 radical (unpaired) electrons. The topological polar surface area (TPSA) is 18.5 Å². The van der Waals surface area contributed by atoms with Crippen molar-refractivity contribution in [1.82, 2.24) is 0 Å². The maximum atomic E-state index is 5.53. The Morgan fingerprint density at radius 1 is 0.684 bits per heavy atom. The Morgan fingerprint density at radius 2 is 1.05 bits per heavy atom. The van der Waals surface area contributed by atoms with Gasteiger partial charge in [-0.2, -0.15) is 0 Å². The molecule has 0 bridgehead atoms. The van der Waals surface area contributed by atoms with E-state index in [1.54, 1.807) is 23.5 Å². The summed E-state index contributed by atoms with van der Waals surface area (Å²) in [6, 6.07) is 15.9. The highest BCUT2D eigenvalue weighted by Gasteiger charge is 1.97. The first-order chi connectivity index (χ1) is 9.31. The molecule has 0 N–H and O–H groups in total. The number of ether oxygens (including phenoxy) is 2. The second kappa shape index (κ2) is 7.36. The van der Waals surface area contributed by atoms with Gasteiger partial charge in [-0.1, -0.05) is 0 Å². The van der Waals surface area contributed by atoms with Gasteiger partial charge in [0.2, 0.25) is 6.79 Å². The summed E-state index contributed by atoms with van der Waals surface area (Å²) in [6.45, 7) is 0.219. The molecule has 2 rings (SSSR count). The van der Waals surface area contributed by atoms with Crippen LogP contribution in [0.25, 0.3) is 0 Å². The highest BCUT2D eigenvalue weighted by molar-refractivity contribution is 7.98. The predicted molar refractivity (Wildman–Crippen MR) is 82.6 cm³/mol. The summed E-state index contributed by atoms with van der Waals surface area (Å²) < 4.78 is 11.1. The van der Waals surface area contributed by atoms with Gasteiger partial charge in [-0.05, 0) is 61.0 Å². The van der Waals surface area contributed by atoms with Crippen LogP contribution in [0.4, 0.5) is 0 Å². The molecule has 2 aromatic rings. The summed E-state index contributed by atoms with van der Waals surface area (Å²) in [5, 5.41) is 0. The lowest BCUT2D eigenvalue weighted by Gasteiger charge is -2.09. The summed E-state index contributed by atoms with van der Waals surface area (Å²) in [6.07, 6.45) is 4.11. The standard InChI is InChI=1S/C15H16O2S2/c1-18-14-7-3-12(4-8-14)16-11-17-13-5-9-15(19-2)10-6-13/h3-10H,11H2,1-2H3. The van der Waals surface area contributed by atoms with Crippen LogP contribution in [0.5, 0.6) is 11.5 Å². The molecule has 0 aromatic heterocycles. The van der Waals surface area contributed by atoms with Gasteiger partial charge in [0.05, 0.1) is 0 Å². The first-order valence-electron chi connectivity index (χ1n) is 5.85. The molecular formula is C15H16O2S2. The van der Waals surface area contributed by atoms with E-state index in [-0.39, 0.29) is 6.79 Å². The van der Waals surface area contributed by atoms with Crippen LogP contribution in [-0.4, -0.2) is 19.3 Å². The molecule has 100 valence electrons. The molecule has 2 aromatic carbocycles. The fourth-order valence-corrected chi connectivity index (χ4v) is 2.33. The third-order valence-corrected chi connectivity index (χ3v) is 4.06. The number of hydrogen-bond donors (Lipinski definition) is 0. The number of hydrogen-bond acceptors (Lipinski definition) is 4. The molecule has 0 aliphatic rings. The summed E-state index contributed by atoms with van der Waals surface area (Å²) in [4.78, 5) is 2.45. The van der Waals surface area contributed by atoms with Gasteiger partial charge in [-0.15, -0.1) is 23.5 Å². The maximum absolute atomic E-state index is 5.53. The Balaban J connectivity index is 1.81. The molecule has 0 saturated carbocycles. The monoisotopic (exact) mass is 292 g/mol. The van der Waals surface area contributed by atoms with Crippen molar-refractivity contribution in [3.05, 3.63) is 48.5 Å². The van der Waals surface area contributed by atoms with Gasteiger partial charge in [0.25, 0.3) is 0 Å². The Bertz CT molecular complexity index is 447. The van der Waals surface area contributed by atoms with E-state index in [1.165, 1.54) is 9.79 Å². The molecular weight excluding hydrogens is 276 g/mol. The van der Waals surface area contributed by atoms with Gasteiger partial charge in [0.1, 0.15) is 11.5 Å². The van der Waals surface area contributed by atoms with E-state index in [0.29, 0.717) is 0 Å². The minimum absolute atomic E-state index is 0.219. The van der Waals surface area contributed by atoms with E-state index >= 15 is 0 Å². The van der Waals surface area contributed by atoms with Crippen molar-refractivity contribution in [1.29, 1.82) is 0 Å². The Kier molecular flexibility index (Phi) is 5.48. The summed E-state index contributed by atoms with van der Waals surface area (Å²) >= 11 is 3.43. The van der Waals surface area contributed by atoms with Crippen LogP contribution >= 0.6 is 23.5 Å². The van der Waals surface area contributed by atoms with E-state index in [4.69, 9.17) is 9.47 Å². The predicted octanol–water partition coefficient (Wildman–Crippen LogP) is 4.55. The Labute approximate surface area is 122 Å². The van der Waals surface area contributed by atoms with Crippen molar-refractivity contribution in [2.75, 3.05) is 19.3 Å². The lowest BCUT2D eigenvalue weighted by atomic mass is 10.3. The molecule has 19 heavy (non-hydrogen) atoms. The van der Waals surface area contributed by atoms with Gasteiger partial charge in [0.15, 0.2) is 0 Å². The van der Waals surface area contributed by atoms with Crippen molar-refractivity contribution >= 4 is 23.5 Å². The van der Waals surface area contributed by atoms with Crippen LogP contribution in [0.1, 0.15) is 0 Å². The number of thioether (sulfide) groups is 2. The van der Waals surface area contributed by atoms with E-state index in [1.807, 2.05) is 48.5 Å². The van der Waals surface area contributed by atoms with Crippen molar-refractivity contribution in [2.45, 2.75) is 9.79 Å². The van der Waals surface area contributed by atoms with E-state index in [9.17, 15) is 0 Å². The van der Waals surface area contributed by atoms with Gasteiger partial charge in [-0.3, -0.25) is 0 Å². The molecule has 0 aliphatic carbocycles. The SMILES string of the molecule is CSc1ccc(OCOc2ccc(SC)cc2)cc1. The quantitative estimate of drug-likeness (QED) is 0.574. The van der Waals surface area contributed by atoms with E-state index < -0.39 is 0 Å². The molecule has 0 saturated heterocycles. The maximum Gasteiger partial charge on any atom is 0.230 e. The van der Waals surface area contributed by atoms with Crippen molar-refractivity contribution in [3.63, 3.8) is 0 Å². The first-order valence-corrected chi connectivity index (χ1v) is 8.30. The third-order valence-electron chi connectivity index (χ3n) is 2.57. The zero-order valence-corrected chi connectivity index (χ0v) is 12.6. The minimum Gasteiger partial charge on any atom is -0.458 e. The van der Waals surface area contributed by atoms with Gasteiger partial charge < -0.3 is 9.47 Å². The van der Waals surface area contributed by atoms with E-state index in [2.05, 4.69) is 12.5 Å². The molecule has 0 fully saturated rings. The molecule has 4 heteroatoms. The van der Waals surface area contributed by atoms with Crippen molar-refractivity contribution in [3.8, 4) is 11.5 Å². The average molecular weight is 292 g/mol. The minimum atomic E-state index is 0.219. The zero-order valence-electron chi connectivity index (χ0n) is 11.0. The van der Waals surface area contributed by atoms with Crippen LogP contribution in [-0.2, 0) is 0 Å². The smallest absolute Gasteiger partial charge is 0.230 e. The number of benzene rings is 2. The van der Waals surface area contributed by atoms with Gasteiger partial charge in [0, 0.05) is 9.79 Å². The van der Waals surface area contributed by atoms with Crippen LogP contribution in [0.2, 0.25) is 0 Å². The van der Waals surface area contributed by atoms with Gasteiger partial charge >= 0.3 is 0 Å². The average Bonchev–Trinajstić information content (AvgIpc) is 2.49. The lowest BCUT2D eigenvalue weighted by Crippen LogP contribution is -2.05. The number of rotatable bonds is 6. The second-order valence-corrected chi connectivity index (χ2v) is 5.52. The van der Waals surface area contributed by atoms with Crippen LogP contribution in [0.3, 0.4) is 0 Å². The Morgan fingerprint density at radius 3 is 1.37 bits per heavy atom. The largest absolute Gasteiger partial charge is 0.458 e. The molecule has 0 spiro atoms. The fourth-order valence-electron chi connectivity index (χ4n) is 1.51. The molecule has 0 amide bonds. The van der Waals surface area contributed by atoms with Crippen molar-refractivity contribution < 1.29 is 9.47 Å². The first kappa shape index (κ1) is 14.2.